The lowest BCUT2D eigenvalue weighted by molar-refractivity contribution is -0.0878. The first-order valence-electron chi connectivity index (χ1n) is 7.09. The van der Waals surface area contributed by atoms with E-state index in [-0.39, 0.29) is 5.60 Å². The van der Waals surface area contributed by atoms with Crippen LogP contribution in [0.4, 0.5) is 0 Å². The minimum Gasteiger partial charge on any atom is -0.374 e. The van der Waals surface area contributed by atoms with Crippen LogP contribution in [0.1, 0.15) is 25.7 Å². The Bertz CT molecular complexity index is 278. The quantitative estimate of drug-likeness (QED) is 0.613. The van der Waals surface area contributed by atoms with Gasteiger partial charge in [0.1, 0.15) is 0 Å². The Morgan fingerprint density at radius 3 is 2.83 bits per heavy atom. The molecule has 3 aliphatic heterocycles. The van der Waals surface area contributed by atoms with E-state index >= 15 is 0 Å². The molecule has 0 aromatic carbocycles. The van der Waals surface area contributed by atoms with Gasteiger partial charge in [-0.05, 0) is 54.8 Å². The Labute approximate surface area is 118 Å². The number of thioether (sulfide) groups is 2. The van der Waals surface area contributed by atoms with Crippen molar-refractivity contribution in [3.63, 3.8) is 0 Å². The third-order valence-electron chi connectivity index (χ3n) is 4.77. The van der Waals surface area contributed by atoms with Gasteiger partial charge in [-0.1, -0.05) is 0 Å². The number of hydrazine groups is 1. The second kappa shape index (κ2) is 5.92. The summed E-state index contributed by atoms with van der Waals surface area (Å²) in [5, 5.41) is 0. The Kier molecular flexibility index (Phi) is 4.46. The molecular weight excluding hydrogens is 264 g/mol. The summed E-state index contributed by atoms with van der Waals surface area (Å²) in [7, 11) is 0. The average molecular weight is 288 g/mol. The molecule has 0 radical (unpaired) electrons. The van der Waals surface area contributed by atoms with E-state index in [1.807, 2.05) is 0 Å². The van der Waals surface area contributed by atoms with Gasteiger partial charge in [-0.2, -0.15) is 23.5 Å². The van der Waals surface area contributed by atoms with Gasteiger partial charge in [-0.3, -0.25) is 11.3 Å². The zero-order valence-corrected chi connectivity index (χ0v) is 12.5. The molecule has 0 aliphatic carbocycles. The standard InChI is InChI=1S/C13H24N2OS2/c14-15-12(11-2-5-17-8-11)10-1-4-16-13(7-10)3-6-18-9-13/h10-12,15H,1-9,14H2. The first kappa shape index (κ1) is 13.6. The largest absolute Gasteiger partial charge is 0.374 e. The molecule has 0 aromatic rings. The summed E-state index contributed by atoms with van der Waals surface area (Å²) in [5.41, 5.74) is 3.33. The van der Waals surface area contributed by atoms with Crippen LogP contribution in [0.25, 0.3) is 0 Å². The normalized spacial score (nSPS) is 42.5. The van der Waals surface area contributed by atoms with Gasteiger partial charge >= 0.3 is 0 Å². The van der Waals surface area contributed by atoms with Crippen LogP contribution in [0.2, 0.25) is 0 Å². The molecule has 18 heavy (non-hydrogen) atoms. The van der Waals surface area contributed by atoms with Crippen LogP contribution in [0, 0.1) is 11.8 Å². The summed E-state index contributed by atoms with van der Waals surface area (Å²) in [5.74, 6) is 12.4. The maximum atomic E-state index is 6.12. The van der Waals surface area contributed by atoms with E-state index < -0.39 is 0 Å². The van der Waals surface area contributed by atoms with Crippen molar-refractivity contribution in [2.24, 2.45) is 17.7 Å². The van der Waals surface area contributed by atoms with Crippen LogP contribution in [0.15, 0.2) is 0 Å². The van der Waals surface area contributed by atoms with Crippen LogP contribution in [0.3, 0.4) is 0 Å². The number of rotatable bonds is 3. The lowest BCUT2D eigenvalue weighted by atomic mass is 9.77. The van der Waals surface area contributed by atoms with Gasteiger partial charge in [-0.25, -0.2) is 0 Å². The maximum absolute atomic E-state index is 6.12. The fraction of sp³-hybridized carbons (Fsp3) is 1.00. The zero-order chi connectivity index (χ0) is 12.4. The molecule has 0 aromatic heterocycles. The van der Waals surface area contributed by atoms with Crippen molar-refractivity contribution >= 4 is 23.5 Å². The van der Waals surface area contributed by atoms with Crippen molar-refractivity contribution < 1.29 is 4.74 Å². The molecule has 3 N–H and O–H groups in total. The summed E-state index contributed by atoms with van der Waals surface area (Å²) in [4.78, 5) is 0. The average Bonchev–Trinajstić information content (AvgIpc) is 3.03. The molecule has 0 amide bonds. The van der Waals surface area contributed by atoms with E-state index in [1.54, 1.807) is 0 Å². The number of nitrogens with two attached hydrogens (primary N) is 1. The second-order valence-electron chi connectivity index (χ2n) is 5.90. The molecule has 0 saturated carbocycles. The summed E-state index contributed by atoms with van der Waals surface area (Å²) >= 11 is 4.13. The van der Waals surface area contributed by atoms with Crippen LogP contribution in [0.5, 0.6) is 0 Å². The van der Waals surface area contributed by atoms with E-state index in [0.29, 0.717) is 12.0 Å². The fourth-order valence-electron chi connectivity index (χ4n) is 3.73. The highest BCUT2D eigenvalue weighted by molar-refractivity contribution is 7.99. The van der Waals surface area contributed by atoms with Gasteiger partial charge < -0.3 is 4.74 Å². The van der Waals surface area contributed by atoms with Crippen molar-refractivity contribution in [1.82, 2.24) is 5.43 Å². The van der Waals surface area contributed by atoms with Crippen LogP contribution >= 0.6 is 23.5 Å². The molecule has 3 nitrogen and oxygen atoms in total. The van der Waals surface area contributed by atoms with Crippen LogP contribution < -0.4 is 11.3 Å². The van der Waals surface area contributed by atoms with Crippen LogP contribution in [-0.2, 0) is 4.74 Å². The van der Waals surface area contributed by atoms with Gasteiger partial charge in [0, 0.05) is 18.4 Å². The summed E-state index contributed by atoms with van der Waals surface area (Å²) in [6.07, 6.45) is 4.97. The number of nitrogens with one attached hydrogen (secondary N) is 1. The third kappa shape index (κ3) is 2.70. The van der Waals surface area contributed by atoms with Gasteiger partial charge in [0.05, 0.1) is 5.60 Å². The van der Waals surface area contributed by atoms with Gasteiger partial charge in [-0.15, -0.1) is 0 Å². The van der Waals surface area contributed by atoms with Crippen molar-refractivity contribution in [3.8, 4) is 0 Å². The maximum Gasteiger partial charge on any atom is 0.0783 e. The molecular formula is C13H24N2OS2. The Balaban J connectivity index is 1.66. The summed E-state index contributed by atoms with van der Waals surface area (Å²) < 4.78 is 6.12. The molecule has 3 rings (SSSR count). The number of hydrogen-bond donors (Lipinski definition) is 2. The SMILES string of the molecule is NNC(C1CCSC1)C1CCOC2(CCSC2)C1. The number of hydrogen-bond acceptors (Lipinski definition) is 5. The minimum atomic E-state index is 0.189. The predicted molar refractivity (Wildman–Crippen MR) is 79.9 cm³/mol. The van der Waals surface area contributed by atoms with Gasteiger partial charge in [0.2, 0.25) is 0 Å². The van der Waals surface area contributed by atoms with Crippen LogP contribution in [-0.4, -0.2) is 41.3 Å². The molecule has 3 saturated heterocycles. The summed E-state index contributed by atoms with van der Waals surface area (Å²) in [6, 6.07) is 0.506. The minimum absolute atomic E-state index is 0.189. The smallest absolute Gasteiger partial charge is 0.0783 e. The highest BCUT2D eigenvalue weighted by atomic mass is 32.2. The Morgan fingerprint density at radius 1 is 1.22 bits per heavy atom. The monoisotopic (exact) mass is 288 g/mol. The topological polar surface area (TPSA) is 47.3 Å². The molecule has 104 valence electrons. The van der Waals surface area contributed by atoms with Crippen molar-refractivity contribution in [1.29, 1.82) is 0 Å². The van der Waals surface area contributed by atoms with Crippen molar-refractivity contribution in [2.45, 2.75) is 37.3 Å². The highest BCUT2D eigenvalue weighted by Gasteiger charge is 2.44. The molecule has 3 fully saturated rings. The van der Waals surface area contributed by atoms with E-state index in [4.69, 9.17) is 10.6 Å². The van der Waals surface area contributed by atoms with Crippen molar-refractivity contribution in [2.75, 3.05) is 29.6 Å². The molecule has 5 heteroatoms. The van der Waals surface area contributed by atoms with Gasteiger partial charge in [0.15, 0.2) is 0 Å². The zero-order valence-electron chi connectivity index (χ0n) is 10.9. The molecule has 0 bridgehead atoms. The predicted octanol–water partition coefficient (Wildman–Crippen LogP) is 1.87. The lowest BCUT2D eigenvalue weighted by Gasteiger charge is -2.42. The summed E-state index contributed by atoms with van der Waals surface area (Å²) in [6.45, 7) is 0.934. The van der Waals surface area contributed by atoms with Gasteiger partial charge in [0.25, 0.3) is 0 Å². The second-order valence-corrected chi connectivity index (χ2v) is 8.16. The molecule has 3 aliphatic rings. The lowest BCUT2D eigenvalue weighted by Crippen LogP contribution is -2.52. The molecule has 4 unspecified atom stereocenters. The van der Waals surface area contributed by atoms with Crippen molar-refractivity contribution in [3.05, 3.63) is 0 Å². The molecule has 1 spiro atoms. The van der Waals surface area contributed by atoms with E-state index in [9.17, 15) is 0 Å². The number of ether oxygens (including phenoxy) is 1. The first-order chi connectivity index (χ1) is 8.83. The highest BCUT2D eigenvalue weighted by Crippen LogP contribution is 2.43. The molecule has 4 atom stereocenters. The fourth-order valence-corrected chi connectivity index (χ4v) is 6.42. The Hall–Kier alpha value is 0.580. The third-order valence-corrected chi connectivity index (χ3v) is 7.18. The van der Waals surface area contributed by atoms with E-state index in [2.05, 4.69) is 28.9 Å². The van der Waals surface area contributed by atoms with E-state index in [1.165, 1.54) is 48.7 Å². The first-order valence-corrected chi connectivity index (χ1v) is 9.39. The van der Waals surface area contributed by atoms with E-state index in [0.717, 1.165) is 12.5 Å². The Morgan fingerprint density at radius 2 is 2.17 bits per heavy atom. The molecule has 3 heterocycles.